The number of ether oxygens (including phenoxy) is 2. The van der Waals surface area contributed by atoms with Gasteiger partial charge in [0.05, 0.1) is 22.6 Å². The van der Waals surface area contributed by atoms with Gasteiger partial charge in [0.2, 0.25) is 10.0 Å². The van der Waals surface area contributed by atoms with E-state index in [0.29, 0.717) is 24.4 Å². The third-order valence-corrected chi connectivity index (χ3v) is 8.04. The van der Waals surface area contributed by atoms with Crippen LogP contribution >= 0.6 is 11.6 Å². The third kappa shape index (κ3) is 5.09. The molecule has 0 unspecified atom stereocenters. The lowest BCUT2D eigenvalue weighted by atomic mass is 10.0. The van der Waals surface area contributed by atoms with Gasteiger partial charge in [-0.1, -0.05) is 36.2 Å². The molecule has 0 radical (unpaired) electrons. The second-order valence-corrected chi connectivity index (χ2v) is 10.4. The van der Waals surface area contributed by atoms with Crippen molar-refractivity contribution >= 4 is 44.1 Å². The number of carbonyl (C=O) groups excluding carboxylic acids is 2. The van der Waals surface area contributed by atoms with Crippen molar-refractivity contribution in [1.82, 2.24) is 4.31 Å². The predicted octanol–water partition coefficient (Wildman–Crippen LogP) is 4.72. The number of esters is 1. The Balaban J connectivity index is 1.48. The van der Waals surface area contributed by atoms with E-state index in [2.05, 4.69) is 0 Å². The number of fused-ring (bicyclic) bond motifs is 1. The number of halogens is 1. The average molecular weight is 502 g/mol. The molecule has 0 saturated carbocycles. The minimum Gasteiger partial charge on any atom is -0.497 e. The Morgan fingerprint density at radius 1 is 0.941 bits per heavy atom. The minimum atomic E-state index is -3.74. The Bertz CT molecular complexity index is 1350. The smallest absolute Gasteiger partial charge is 0.340 e. The molecule has 1 heterocycles. The lowest BCUT2D eigenvalue weighted by Gasteiger charge is -2.26. The Labute approximate surface area is 203 Å². The van der Waals surface area contributed by atoms with E-state index in [1.165, 1.54) is 22.5 Å². The molecule has 0 aliphatic carbocycles. The summed E-state index contributed by atoms with van der Waals surface area (Å²) in [4.78, 5) is 25.3. The summed E-state index contributed by atoms with van der Waals surface area (Å²) in [5.41, 5.74) is 0.288. The fourth-order valence-corrected chi connectivity index (χ4v) is 5.63. The monoisotopic (exact) mass is 501 g/mol. The molecule has 0 spiro atoms. The fraction of sp³-hybridized carbons (Fsp3) is 0.280. The van der Waals surface area contributed by atoms with Crippen LogP contribution in [0.3, 0.4) is 0 Å². The summed E-state index contributed by atoms with van der Waals surface area (Å²) in [7, 11) is -2.16. The van der Waals surface area contributed by atoms with Crippen molar-refractivity contribution in [2.24, 2.45) is 0 Å². The van der Waals surface area contributed by atoms with E-state index in [1.807, 2.05) is 12.1 Å². The molecule has 1 saturated heterocycles. The lowest BCUT2D eigenvalue weighted by Crippen LogP contribution is -2.35. The molecule has 0 aromatic heterocycles. The molecule has 4 rings (SSSR count). The minimum absolute atomic E-state index is 0.0259. The van der Waals surface area contributed by atoms with Crippen LogP contribution in [0.15, 0.2) is 59.5 Å². The highest BCUT2D eigenvalue weighted by molar-refractivity contribution is 7.89. The Hall–Kier alpha value is -2.94. The first-order valence-corrected chi connectivity index (χ1v) is 12.7. The Kier molecular flexibility index (Phi) is 7.21. The van der Waals surface area contributed by atoms with E-state index in [0.717, 1.165) is 30.0 Å². The summed E-state index contributed by atoms with van der Waals surface area (Å²) in [5.74, 6) is -0.541. The van der Waals surface area contributed by atoms with Crippen LogP contribution in [0.5, 0.6) is 5.75 Å². The van der Waals surface area contributed by atoms with Gasteiger partial charge in [0.1, 0.15) is 5.75 Å². The zero-order chi connectivity index (χ0) is 24.3. The zero-order valence-electron chi connectivity index (χ0n) is 18.6. The number of piperidine rings is 1. The number of rotatable bonds is 7. The quantitative estimate of drug-likeness (QED) is 0.344. The number of carbonyl (C=O) groups is 2. The van der Waals surface area contributed by atoms with Gasteiger partial charge in [0, 0.05) is 18.7 Å². The van der Waals surface area contributed by atoms with Crippen LogP contribution in [-0.4, -0.2) is 51.3 Å². The molecule has 7 nitrogen and oxygen atoms in total. The molecule has 1 aliphatic rings. The summed E-state index contributed by atoms with van der Waals surface area (Å²) in [6.45, 7) is 0.384. The summed E-state index contributed by atoms with van der Waals surface area (Å²) in [5, 5.41) is 1.80. The van der Waals surface area contributed by atoms with Gasteiger partial charge in [-0.2, -0.15) is 4.31 Å². The number of sulfonamides is 1. The number of ketones is 1. The molecule has 34 heavy (non-hydrogen) atoms. The molecule has 178 valence electrons. The molecule has 3 aromatic rings. The largest absolute Gasteiger partial charge is 0.497 e. The van der Waals surface area contributed by atoms with E-state index in [1.54, 1.807) is 31.4 Å². The first-order chi connectivity index (χ1) is 16.3. The third-order valence-electron chi connectivity index (χ3n) is 5.81. The Morgan fingerprint density at radius 3 is 2.38 bits per heavy atom. The molecular formula is C25H24ClNO6S. The molecule has 0 bridgehead atoms. The van der Waals surface area contributed by atoms with Crippen LogP contribution in [0.1, 0.15) is 40.0 Å². The first-order valence-electron chi connectivity index (χ1n) is 10.9. The predicted molar refractivity (Wildman–Crippen MR) is 129 cm³/mol. The number of Topliss-reactive ketones (excluding diaryl/α,β-unsaturated/α-hetero) is 1. The highest BCUT2D eigenvalue weighted by Gasteiger charge is 2.27. The maximum atomic E-state index is 12.9. The SMILES string of the molecule is COc1ccc2cc(C(=O)COC(=O)c3cc(S(=O)(=O)N4CCCCC4)ccc3Cl)ccc2c1. The number of methoxy groups -OCH3 is 1. The van der Waals surface area contributed by atoms with E-state index in [-0.39, 0.29) is 21.3 Å². The van der Waals surface area contributed by atoms with Crippen molar-refractivity contribution in [2.75, 3.05) is 26.8 Å². The Morgan fingerprint density at radius 2 is 1.65 bits per heavy atom. The van der Waals surface area contributed by atoms with Gasteiger partial charge < -0.3 is 9.47 Å². The second kappa shape index (κ2) is 10.1. The number of nitrogens with zero attached hydrogens (tertiary/aromatic N) is 1. The van der Waals surface area contributed by atoms with Gasteiger partial charge in [-0.05, 0) is 60.0 Å². The van der Waals surface area contributed by atoms with Crippen molar-refractivity contribution in [3.8, 4) is 5.75 Å². The molecule has 1 fully saturated rings. The van der Waals surface area contributed by atoms with Crippen molar-refractivity contribution in [3.05, 3.63) is 70.7 Å². The van der Waals surface area contributed by atoms with Crippen LogP contribution < -0.4 is 4.74 Å². The van der Waals surface area contributed by atoms with Crippen molar-refractivity contribution in [1.29, 1.82) is 0 Å². The molecular weight excluding hydrogens is 478 g/mol. The fourth-order valence-electron chi connectivity index (χ4n) is 3.89. The average Bonchev–Trinajstić information content (AvgIpc) is 2.87. The van der Waals surface area contributed by atoms with E-state index in [4.69, 9.17) is 21.1 Å². The molecule has 3 aromatic carbocycles. The van der Waals surface area contributed by atoms with Crippen LogP contribution in [0.25, 0.3) is 10.8 Å². The maximum absolute atomic E-state index is 12.9. The summed E-state index contributed by atoms with van der Waals surface area (Å²) in [6, 6.07) is 14.6. The molecule has 0 N–H and O–H groups in total. The maximum Gasteiger partial charge on any atom is 0.340 e. The summed E-state index contributed by atoms with van der Waals surface area (Å²) in [6.07, 6.45) is 2.59. The van der Waals surface area contributed by atoms with E-state index in [9.17, 15) is 18.0 Å². The van der Waals surface area contributed by atoms with Crippen LogP contribution in [0.2, 0.25) is 5.02 Å². The van der Waals surface area contributed by atoms with E-state index >= 15 is 0 Å². The topological polar surface area (TPSA) is 90.0 Å². The van der Waals surface area contributed by atoms with Crippen molar-refractivity contribution < 1.29 is 27.5 Å². The van der Waals surface area contributed by atoms with Crippen LogP contribution in [-0.2, 0) is 14.8 Å². The summed E-state index contributed by atoms with van der Waals surface area (Å²) >= 11 is 6.14. The molecule has 0 amide bonds. The van der Waals surface area contributed by atoms with Gasteiger partial charge in [0.25, 0.3) is 0 Å². The zero-order valence-corrected chi connectivity index (χ0v) is 20.2. The lowest BCUT2D eigenvalue weighted by molar-refractivity contribution is 0.0474. The van der Waals surface area contributed by atoms with Gasteiger partial charge in [-0.15, -0.1) is 0 Å². The number of hydrogen-bond acceptors (Lipinski definition) is 6. The van der Waals surface area contributed by atoms with Crippen molar-refractivity contribution in [3.63, 3.8) is 0 Å². The van der Waals surface area contributed by atoms with Crippen LogP contribution in [0.4, 0.5) is 0 Å². The highest BCUT2D eigenvalue weighted by Crippen LogP contribution is 2.26. The van der Waals surface area contributed by atoms with Crippen LogP contribution in [0, 0.1) is 0 Å². The first kappa shape index (κ1) is 24.2. The van der Waals surface area contributed by atoms with Gasteiger partial charge in [0.15, 0.2) is 12.4 Å². The standard InChI is InChI=1S/C25H24ClNO6S/c1-32-20-8-7-17-13-19(6-5-18(17)14-20)24(28)16-33-25(29)22-15-21(9-10-23(22)26)34(30,31)27-11-3-2-4-12-27/h5-10,13-15H,2-4,11-12,16H2,1H3. The second-order valence-electron chi connectivity index (χ2n) is 8.03. The number of benzene rings is 3. The molecule has 9 heteroatoms. The number of hydrogen-bond donors (Lipinski definition) is 0. The van der Waals surface area contributed by atoms with E-state index < -0.39 is 22.6 Å². The molecule has 1 aliphatic heterocycles. The summed E-state index contributed by atoms with van der Waals surface area (Å²) < 4.78 is 37.7. The van der Waals surface area contributed by atoms with Gasteiger partial charge in [-0.25, -0.2) is 13.2 Å². The highest BCUT2D eigenvalue weighted by atomic mass is 35.5. The molecule has 0 atom stereocenters. The van der Waals surface area contributed by atoms with Crippen molar-refractivity contribution in [2.45, 2.75) is 24.2 Å². The van der Waals surface area contributed by atoms with Gasteiger partial charge in [-0.3, -0.25) is 4.79 Å². The van der Waals surface area contributed by atoms with Gasteiger partial charge >= 0.3 is 5.97 Å². The normalized spacial score (nSPS) is 14.6.